The number of nitrogens with zero attached hydrogens (tertiary/aromatic N) is 4. The second-order valence-electron chi connectivity index (χ2n) is 11.2. The second kappa shape index (κ2) is 8.73. The Bertz CT molecular complexity index is 1350. The summed E-state index contributed by atoms with van der Waals surface area (Å²) in [6, 6.07) is 3.80. The molecule has 2 unspecified atom stereocenters. The molecule has 2 atom stereocenters. The molecule has 0 saturated carbocycles. The molecule has 0 bridgehead atoms. The van der Waals surface area contributed by atoms with E-state index in [9.17, 15) is 9.59 Å². The van der Waals surface area contributed by atoms with E-state index in [-0.39, 0.29) is 12.0 Å². The first-order valence-electron chi connectivity index (χ1n) is 12.3. The van der Waals surface area contributed by atoms with Gasteiger partial charge in [0.05, 0.1) is 11.0 Å². The summed E-state index contributed by atoms with van der Waals surface area (Å²) in [5, 5.41) is 5.21. The van der Waals surface area contributed by atoms with Crippen molar-refractivity contribution in [1.82, 2.24) is 14.5 Å². The molecule has 2 aromatic rings. The molecule has 4 heterocycles. The lowest BCUT2D eigenvalue weighted by Crippen LogP contribution is -2.43. The summed E-state index contributed by atoms with van der Waals surface area (Å²) in [5.41, 5.74) is 1.60. The van der Waals surface area contributed by atoms with E-state index in [1.54, 1.807) is 11.1 Å². The SMILES string of the molecule is CC(C)(C)OC(=O)N1CCC2=CCC(C)(n3ccsc3=NC(=O)C3(C)CNc4ncccc43)C=C2C1. The molecule has 1 saturated heterocycles. The van der Waals surface area contributed by atoms with Crippen molar-refractivity contribution >= 4 is 29.2 Å². The number of likely N-dealkylation sites (tertiary alicyclic amines) is 1. The van der Waals surface area contributed by atoms with E-state index in [0.29, 0.717) is 24.4 Å². The van der Waals surface area contributed by atoms with Crippen LogP contribution in [0.4, 0.5) is 10.6 Å². The van der Waals surface area contributed by atoms with Crippen molar-refractivity contribution in [3.63, 3.8) is 0 Å². The molecule has 1 fully saturated rings. The van der Waals surface area contributed by atoms with Gasteiger partial charge in [-0.05, 0) is 64.7 Å². The number of pyridine rings is 1. The summed E-state index contributed by atoms with van der Waals surface area (Å²) in [6.07, 6.45) is 9.53. The number of carbonyl (C=O) groups is 2. The topological polar surface area (TPSA) is 88.8 Å². The van der Waals surface area contributed by atoms with Crippen LogP contribution in [0.2, 0.25) is 0 Å². The quantitative estimate of drug-likeness (QED) is 0.652. The number of amides is 2. The van der Waals surface area contributed by atoms with Gasteiger partial charge in [-0.25, -0.2) is 9.78 Å². The van der Waals surface area contributed by atoms with Crippen molar-refractivity contribution in [3.05, 3.63) is 63.6 Å². The first-order chi connectivity index (χ1) is 17.0. The highest BCUT2D eigenvalue weighted by Crippen LogP contribution is 2.37. The molecule has 8 nitrogen and oxygen atoms in total. The maximum Gasteiger partial charge on any atom is 0.410 e. The predicted molar refractivity (Wildman–Crippen MR) is 140 cm³/mol. The van der Waals surface area contributed by atoms with Gasteiger partial charge in [0.25, 0.3) is 5.91 Å². The van der Waals surface area contributed by atoms with Crippen molar-refractivity contribution in [3.8, 4) is 0 Å². The van der Waals surface area contributed by atoms with Gasteiger partial charge in [-0.1, -0.05) is 18.2 Å². The number of thiazole rings is 1. The average molecular weight is 508 g/mol. The molecule has 9 heteroatoms. The number of fused-ring (bicyclic) bond motifs is 2. The Morgan fingerprint density at radius 2 is 2.06 bits per heavy atom. The fraction of sp³-hybridized carbons (Fsp3) is 0.481. The van der Waals surface area contributed by atoms with Gasteiger partial charge >= 0.3 is 6.09 Å². The van der Waals surface area contributed by atoms with Crippen LogP contribution in [0.1, 0.15) is 53.0 Å². The standard InChI is InChI=1S/C27H33N5O3S/c1-25(2,3)35-24(34)31-12-9-18-8-10-26(4,15-19(18)16-31)32-13-14-36-23(32)30-22(33)27(5)17-29-21-20(27)7-6-11-28-21/h6-8,11,13-15H,9-10,12,16-17H2,1-5H3,(H,28,29). The summed E-state index contributed by atoms with van der Waals surface area (Å²) < 4.78 is 7.68. The van der Waals surface area contributed by atoms with Gasteiger partial charge in [0.2, 0.25) is 0 Å². The minimum atomic E-state index is -0.762. The Morgan fingerprint density at radius 3 is 2.83 bits per heavy atom. The van der Waals surface area contributed by atoms with Gasteiger partial charge in [0, 0.05) is 43.0 Å². The number of piperidine rings is 1. The monoisotopic (exact) mass is 507 g/mol. The highest BCUT2D eigenvalue weighted by molar-refractivity contribution is 7.07. The Hall–Kier alpha value is -3.20. The smallest absolute Gasteiger partial charge is 0.410 e. The Balaban J connectivity index is 1.43. The van der Waals surface area contributed by atoms with E-state index in [1.165, 1.54) is 16.9 Å². The number of allylic oxidation sites excluding steroid dienone is 2. The number of nitrogens with one attached hydrogen (secondary N) is 1. The second-order valence-corrected chi connectivity index (χ2v) is 12.0. The van der Waals surface area contributed by atoms with Crippen LogP contribution in [0.3, 0.4) is 0 Å². The van der Waals surface area contributed by atoms with Gasteiger partial charge in [0.15, 0.2) is 4.80 Å². The molecule has 5 rings (SSSR count). The minimum Gasteiger partial charge on any atom is -0.444 e. The zero-order valence-corrected chi connectivity index (χ0v) is 22.3. The van der Waals surface area contributed by atoms with Gasteiger partial charge in [-0.3, -0.25) is 4.79 Å². The molecule has 1 N–H and O–H groups in total. The third-order valence-corrected chi connectivity index (χ3v) is 7.90. The average Bonchev–Trinajstić information content (AvgIpc) is 3.43. The summed E-state index contributed by atoms with van der Waals surface area (Å²) in [7, 11) is 0. The van der Waals surface area contributed by atoms with Crippen molar-refractivity contribution in [2.24, 2.45) is 4.99 Å². The lowest BCUT2D eigenvalue weighted by Gasteiger charge is -2.38. The Morgan fingerprint density at radius 1 is 1.25 bits per heavy atom. The number of ether oxygens (including phenoxy) is 1. The molecule has 1 aliphatic carbocycles. The van der Waals surface area contributed by atoms with Crippen molar-refractivity contribution in [2.75, 3.05) is 25.0 Å². The number of aromatic nitrogens is 2. The molecular weight excluding hydrogens is 474 g/mol. The van der Waals surface area contributed by atoms with E-state index < -0.39 is 16.6 Å². The zero-order valence-electron chi connectivity index (χ0n) is 21.5. The fourth-order valence-electron chi connectivity index (χ4n) is 5.08. The van der Waals surface area contributed by atoms with Crippen LogP contribution in [-0.4, -0.2) is 51.7 Å². The summed E-state index contributed by atoms with van der Waals surface area (Å²) >= 11 is 1.45. The van der Waals surface area contributed by atoms with Crippen LogP contribution in [0.5, 0.6) is 0 Å². The molecular formula is C27H33N5O3S. The van der Waals surface area contributed by atoms with Crippen molar-refractivity contribution in [1.29, 1.82) is 0 Å². The van der Waals surface area contributed by atoms with Crippen LogP contribution in [0.15, 0.2) is 58.2 Å². The molecule has 0 aromatic carbocycles. The minimum absolute atomic E-state index is 0.185. The maximum absolute atomic E-state index is 13.5. The Kier molecular flexibility index (Phi) is 5.94. The number of rotatable bonds is 2. The van der Waals surface area contributed by atoms with E-state index in [2.05, 4.69) is 38.9 Å². The van der Waals surface area contributed by atoms with E-state index in [1.807, 2.05) is 51.4 Å². The lowest BCUT2D eigenvalue weighted by atomic mass is 9.82. The van der Waals surface area contributed by atoms with Crippen LogP contribution in [0, 0.1) is 0 Å². The van der Waals surface area contributed by atoms with Crippen molar-refractivity contribution < 1.29 is 14.3 Å². The predicted octanol–water partition coefficient (Wildman–Crippen LogP) is 4.37. The largest absolute Gasteiger partial charge is 0.444 e. The summed E-state index contributed by atoms with van der Waals surface area (Å²) in [4.78, 5) is 37.6. The normalized spacial score (nSPS) is 25.9. The molecule has 36 heavy (non-hydrogen) atoms. The number of carbonyl (C=O) groups excluding carboxylic acids is 2. The van der Waals surface area contributed by atoms with E-state index in [4.69, 9.17) is 4.74 Å². The lowest BCUT2D eigenvalue weighted by molar-refractivity contribution is -0.122. The van der Waals surface area contributed by atoms with Crippen LogP contribution in [0.25, 0.3) is 0 Å². The third-order valence-electron chi connectivity index (χ3n) is 7.14. The molecule has 0 spiro atoms. The molecule has 3 aliphatic rings. The van der Waals surface area contributed by atoms with Crippen LogP contribution >= 0.6 is 11.3 Å². The summed E-state index contributed by atoms with van der Waals surface area (Å²) in [5.74, 6) is 0.561. The van der Waals surface area contributed by atoms with E-state index >= 15 is 0 Å². The molecule has 2 aliphatic heterocycles. The number of hydrogen-bond donors (Lipinski definition) is 1. The van der Waals surface area contributed by atoms with Crippen LogP contribution in [-0.2, 0) is 20.5 Å². The molecule has 2 amide bonds. The first-order valence-corrected chi connectivity index (χ1v) is 13.2. The van der Waals surface area contributed by atoms with Crippen molar-refractivity contribution in [2.45, 2.75) is 64.0 Å². The third kappa shape index (κ3) is 4.40. The Labute approximate surface area is 215 Å². The van der Waals surface area contributed by atoms with Crippen LogP contribution < -0.4 is 10.1 Å². The van der Waals surface area contributed by atoms with Gasteiger partial charge < -0.3 is 19.5 Å². The maximum atomic E-state index is 13.5. The van der Waals surface area contributed by atoms with Gasteiger partial charge in [0.1, 0.15) is 11.4 Å². The van der Waals surface area contributed by atoms with Gasteiger partial charge in [-0.15, -0.1) is 11.3 Å². The number of anilines is 1. The van der Waals surface area contributed by atoms with E-state index in [0.717, 1.165) is 29.8 Å². The molecule has 0 radical (unpaired) electrons. The molecule has 2 aromatic heterocycles. The molecule has 190 valence electrons. The van der Waals surface area contributed by atoms with Gasteiger partial charge in [-0.2, -0.15) is 4.99 Å². The fourth-order valence-corrected chi connectivity index (χ4v) is 5.90. The highest BCUT2D eigenvalue weighted by atomic mass is 32.1. The first kappa shape index (κ1) is 24.5. The highest BCUT2D eigenvalue weighted by Gasteiger charge is 2.42. The number of hydrogen-bond acceptors (Lipinski definition) is 6. The zero-order chi connectivity index (χ0) is 25.7. The summed E-state index contributed by atoms with van der Waals surface area (Å²) in [6.45, 7) is 11.4.